The van der Waals surface area contributed by atoms with Crippen LogP contribution in [0.1, 0.15) is 0 Å². The molecule has 5 nitrogen and oxygen atoms in total. The van der Waals surface area contributed by atoms with Crippen LogP contribution in [0.25, 0.3) is 10.4 Å². The summed E-state index contributed by atoms with van der Waals surface area (Å²) in [7, 11) is 0. The van der Waals surface area contributed by atoms with E-state index >= 15 is 0 Å². The lowest BCUT2D eigenvalue weighted by Gasteiger charge is -1.66. The lowest BCUT2D eigenvalue weighted by molar-refractivity contribution is 0.792. The molecular weight excluding hydrogens is 70.0 g/mol. The fourth-order valence-corrected chi connectivity index (χ4v) is 0.0258. The first kappa shape index (κ1) is 4.07. The van der Waals surface area contributed by atoms with Gasteiger partial charge in [0.2, 0.25) is 0 Å². The maximum atomic E-state index is 7.38. The summed E-state index contributed by atoms with van der Waals surface area (Å²) in [5, 5.41) is 2.68. The van der Waals surface area contributed by atoms with Crippen molar-refractivity contribution in [3.8, 4) is 0 Å². The number of azide groups is 1. The predicted octanol–water partition coefficient (Wildman–Crippen LogP) is -0.325. The molecule has 0 fully saturated rings. The lowest BCUT2D eigenvalue weighted by Crippen LogP contribution is -2.11. The summed E-state index contributed by atoms with van der Waals surface area (Å²) in [5.41, 5.74) is 9.11. The average molecular weight is 73.1 g/mol. The Morgan fingerprint density at radius 1 is 2.00 bits per heavy atom. The van der Waals surface area contributed by atoms with Crippen LogP contribution in [0.15, 0.2) is 5.22 Å². The predicted molar refractivity (Wildman–Crippen MR) is 16.5 cm³/mol. The number of nitrogens with zero attached hydrogens (tertiary/aromatic N) is 3. The van der Waals surface area contributed by atoms with E-state index in [0.29, 0.717) is 0 Å². The van der Waals surface area contributed by atoms with Gasteiger partial charge in [0.05, 0.1) is 0 Å². The molecule has 0 heterocycles. The van der Waals surface area contributed by atoms with Gasteiger partial charge in [-0.25, -0.2) is 0 Å². The van der Waals surface area contributed by atoms with Crippen molar-refractivity contribution in [1.29, 1.82) is 0 Å². The van der Waals surface area contributed by atoms with Gasteiger partial charge in [-0.2, -0.15) is 16.3 Å². The third kappa shape index (κ3) is 3.07. The highest BCUT2D eigenvalue weighted by Crippen LogP contribution is 1.45. The van der Waals surface area contributed by atoms with E-state index in [9.17, 15) is 0 Å². The SMILES string of the molecule is [N-]=[N+]=NNN. The summed E-state index contributed by atoms with van der Waals surface area (Å²) >= 11 is 0. The van der Waals surface area contributed by atoms with Gasteiger partial charge in [-0.1, -0.05) is 0 Å². The quantitative estimate of drug-likeness (QED) is 0.146. The van der Waals surface area contributed by atoms with Crippen LogP contribution in [0.4, 0.5) is 0 Å². The molecule has 3 N–H and O–H groups in total. The molecule has 0 aliphatic heterocycles. The van der Waals surface area contributed by atoms with Crippen LogP contribution in [0, 0.1) is 0 Å². The minimum absolute atomic E-state index is 1.73. The minimum Gasteiger partial charge on any atom is -0.186 e. The second kappa shape index (κ2) is 3.07. The molecule has 0 aromatic rings. The van der Waals surface area contributed by atoms with Gasteiger partial charge >= 0.3 is 0 Å². The number of hydrogen-bond acceptors (Lipinski definition) is 2. The highest BCUT2D eigenvalue weighted by molar-refractivity contribution is 4.29. The summed E-state index contributed by atoms with van der Waals surface area (Å²) < 4.78 is 0. The number of hydrogen-bond donors (Lipinski definition) is 2. The van der Waals surface area contributed by atoms with Crippen molar-refractivity contribution in [2.75, 3.05) is 0 Å². The van der Waals surface area contributed by atoms with Gasteiger partial charge in [-0.3, -0.25) is 0 Å². The first-order valence-corrected chi connectivity index (χ1v) is 0.912. The summed E-state index contributed by atoms with van der Waals surface area (Å²) in [6, 6.07) is 0. The highest BCUT2D eigenvalue weighted by Gasteiger charge is 1.42. The average Bonchev–Trinajstić information content (AvgIpc) is 1.41. The largest absolute Gasteiger partial charge is 0.186 e. The zero-order valence-electron chi connectivity index (χ0n) is 2.42. The van der Waals surface area contributed by atoms with Crippen LogP contribution in [-0.4, -0.2) is 0 Å². The Labute approximate surface area is 28.3 Å². The first-order valence-electron chi connectivity index (χ1n) is 0.912. The molecule has 28 valence electrons. The molecule has 0 saturated carbocycles. The smallest absolute Gasteiger partial charge is 0.00208 e. The van der Waals surface area contributed by atoms with Crippen molar-refractivity contribution in [3.05, 3.63) is 10.4 Å². The molecule has 0 atom stereocenters. The van der Waals surface area contributed by atoms with Gasteiger partial charge in [0, 0.05) is 0 Å². The number of hydrazine groups is 1. The van der Waals surface area contributed by atoms with Gasteiger partial charge < -0.3 is 0 Å². The summed E-state index contributed by atoms with van der Waals surface area (Å²) in [4.78, 5) is 2.24. The monoisotopic (exact) mass is 73.0 g/mol. The minimum atomic E-state index is 1.73. The lowest BCUT2D eigenvalue weighted by atomic mass is 12.5. The van der Waals surface area contributed by atoms with Gasteiger partial charge in [0.1, 0.15) is 0 Å². The van der Waals surface area contributed by atoms with Crippen LogP contribution in [0.5, 0.6) is 0 Å². The standard InChI is InChI=1S/H3N5/c1-3-5-4-2/h3H,1H2. The van der Waals surface area contributed by atoms with Crippen LogP contribution >= 0.6 is 0 Å². The number of rotatable bonds is 1. The molecule has 0 aliphatic carbocycles. The third-order valence-corrected chi connectivity index (χ3v) is 0.102. The van der Waals surface area contributed by atoms with Gasteiger partial charge in [-0.15, -0.1) is 5.53 Å². The van der Waals surface area contributed by atoms with Gasteiger partial charge in [-0.05, 0) is 5.22 Å². The summed E-state index contributed by atoms with van der Waals surface area (Å²) in [6.45, 7) is 0. The van der Waals surface area contributed by atoms with E-state index < -0.39 is 0 Å². The number of nitrogens with one attached hydrogen (secondary N) is 1. The summed E-state index contributed by atoms with van der Waals surface area (Å²) in [6.07, 6.45) is 0. The Hall–Kier alpha value is -0.930. The summed E-state index contributed by atoms with van der Waals surface area (Å²) in [5.74, 6) is 4.47. The zero-order chi connectivity index (χ0) is 4.12. The topological polar surface area (TPSA) is 86.8 Å². The van der Waals surface area contributed by atoms with E-state index in [1.54, 1.807) is 5.53 Å². The second-order valence-corrected chi connectivity index (χ2v) is 0.319. The molecule has 0 bridgehead atoms. The van der Waals surface area contributed by atoms with E-state index in [-0.39, 0.29) is 0 Å². The zero-order valence-corrected chi connectivity index (χ0v) is 2.42. The second-order valence-electron chi connectivity index (χ2n) is 0.319. The molecular formula is H3N5. The fourth-order valence-electron chi connectivity index (χ4n) is 0.0258. The van der Waals surface area contributed by atoms with Crippen LogP contribution in [-0.2, 0) is 0 Å². The molecule has 0 amide bonds. The normalized spacial score (nSPS) is 5.00. The molecule has 0 radical (unpaired) electrons. The first-order chi connectivity index (χ1) is 2.41. The Morgan fingerprint density at radius 3 is 2.60 bits per heavy atom. The van der Waals surface area contributed by atoms with E-state index in [2.05, 4.69) is 16.0 Å². The molecule has 0 unspecified atom stereocenters. The molecule has 0 saturated heterocycles. The maximum absolute atomic E-state index is 7.38. The Morgan fingerprint density at radius 2 is 2.60 bits per heavy atom. The van der Waals surface area contributed by atoms with Crippen LogP contribution in [0.3, 0.4) is 0 Å². The molecule has 0 spiro atoms. The highest BCUT2D eigenvalue weighted by atomic mass is 15.5. The van der Waals surface area contributed by atoms with Crippen molar-refractivity contribution in [1.82, 2.24) is 5.53 Å². The number of nitrogens with two attached hydrogens (primary N) is 1. The molecule has 0 aliphatic rings. The molecule has 0 rings (SSSR count). The van der Waals surface area contributed by atoms with Crippen LogP contribution in [0.2, 0.25) is 0 Å². The van der Waals surface area contributed by atoms with E-state index in [1.807, 2.05) is 0 Å². The molecule has 5 heavy (non-hydrogen) atoms. The van der Waals surface area contributed by atoms with Crippen LogP contribution < -0.4 is 11.4 Å². The van der Waals surface area contributed by atoms with Crippen molar-refractivity contribution in [3.63, 3.8) is 0 Å². The van der Waals surface area contributed by atoms with Crippen molar-refractivity contribution < 1.29 is 0 Å². The Balaban J connectivity index is 2.93. The molecule has 5 heteroatoms. The fraction of sp³-hybridized carbons (Fsp3) is 0. The third-order valence-electron chi connectivity index (χ3n) is 0.102. The maximum Gasteiger partial charge on any atom is -0.00208 e. The van der Waals surface area contributed by atoms with E-state index in [4.69, 9.17) is 5.53 Å². The van der Waals surface area contributed by atoms with Crippen molar-refractivity contribution in [2.45, 2.75) is 0 Å². The van der Waals surface area contributed by atoms with Gasteiger partial charge in [0.25, 0.3) is 0 Å². The Kier molecular flexibility index (Phi) is 2.50. The van der Waals surface area contributed by atoms with E-state index in [0.717, 1.165) is 0 Å². The van der Waals surface area contributed by atoms with Crippen molar-refractivity contribution >= 4 is 0 Å². The van der Waals surface area contributed by atoms with Gasteiger partial charge in [0.15, 0.2) is 0 Å². The molecule has 0 aromatic carbocycles. The van der Waals surface area contributed by atoms with Crippen molar-refractivity contribution in [2.24, 2.45) is 11.1 Å². The van der Waals surface area contributed by atoms with E-state index in [1.165, 1.54) is 0 Å². The molecule has 0 aromatic heterocycles. The Bertz CT molecular complexity index is 47.1.